The highest BCUT2D eigenvalue weighted by molar-refractivity contribution is 5.88. The van der Waals surface area contributed by atoms with Crippen LogP contribution in [-0.2, 0) is 13.0 Å². The van der Waals surface area contributed by atoms with E-state index in [2.05, 4.69) is 50.9 Å². The van der Waals surface area contributed by atoms with Gasteiger partial charge in [0.15, 0.2) is 11.7 Å². The Morgan fingerprint density at radius 3 is 2.88 bits per heavy atom. The van der Waals surface area contributed by atoms with Gasteiger partial charge in [-0.1, -0.05) is 47.6 Å². The number of aromatic nitrogens is 3. The molecule has 1 aliphatic carbocycles. The van der Waals surface area contributed by atoms with Gasteiger partial charge in [0.1, 0.15) is 11.5 Å². The number of pyridine rings is 1. The molecule has 4 heterocycles. The number of aryl methyl sites for hydroxylation is 1. The highest BCUT2D eigenvalue weighted by atomic mass is 16.5. The first-order valence-electron chi connectivity index (χ1n) is 11.1. The fraction of sp³-hybridized carbons (Fsp3) is 0.192. The highest BCUT2D eigenvalue weighted by Crippen LogP contribution is 2.32. The van der Waals surface area contributed by atoms with E-state index < -0.39 is 0 Å². The average molecular weight is 437 g/mol. The second kappa shape index (κ2) is 7.86. The number of rotatable bonds is 5. The summed E-state index contributed by atoms with van der Waals surface area (Å²) in [6.07, 6.45) is 7.30. The molecule has 1 unspecified atom stereocenters. The molecule has 4 aromatic rings. The summed E-state index contributed by atoms with van der Waals surface area (Å²) in [5, 5.41) is 13.4. The first-order chi connectivity index (χ1) is 16.2. The molecule has 2 N–H and O–H groups in total. The van der Waals surface area contributed by atoms with Crippen LogP contribution >= 0.6 is 0 Å². The maximum atomic E-state index is 5.61. The van der Waals surface area contributed by atoms with Gasteiger partial charge in [-0.25, -0.2) is 0 Å². The fourth-order valence-corrected chi connectivity index (χ4v) is 4.64. The van der Waals surface area contributed by atoms with Gasteiger partial charge < -0.3 is 14.4 Å². The third kappa shape index (κ3) is 3.29. The van der Waals surface area contributed by atoms with E-state index in [1.165, 1.54) is 5.56 Å². The van der Waals surface area contributed by atoms with E-state index in [-0.39, 0.29) is 6.17 Å². The summed E-state index contributed by atoms with van der Waals surface area (Å²) in [6.45, 7) is 2.70. The molecule has 7 nitrogen and oxygen atoms in total. The summed E-state index contributed by atoms with van der Waals surface area (Å²) >= 11 is 0. The Hall–Kier alpha value is -3.97. The van der Waals surface area contributed by atoms with Crippen molar-refractivity contribution in [2.24, 2.45) is 5.10 Å². The molecule has 0 fully saturated rings. The molecule has 1 atom stereocenters. The third-order valence-corrected chi connectivity index (χ3v) is 6.23. The van der Waals surface area contributed by atoms with Crippen LogP contribution in [0.1, 0.15) is 34.4 Å². The number of nitrogens with zero attached hydrogens (tertiary/aromatic N) is 4. The van der Waals surface area contributed by atoms with Crippen molar-refractivity contribution >= 4 is 11.6 Å². The molecule has 33 heavy (non-hydrogen) atoms. The Morgan fingerprint density at radius 2 is 2.03 bits per heavy atom. The lowest BCUT2D eigenvalue weighted by Crippen LogP contribution is -2.30. The van der Waals surface area contributed by atoms with Crippen LogP contribution in [0.2, 0.25) is 0 Å². The molecular weight excluding hydrogens is 412 g/mol. The summed E-state index contributed by atoms with van der Waals surface area (Å²) in [5.74, 6) is 0.786. The molecule has 0 saturated carbocycles. The molecule has 1 aromatic carbocycles. The van der Waals surface area contributed by atoms with Crippen molar-refractivity contribution in [3.63, 3.8) is 0 Å². The van der Waals surface area contributed by atoms with Crippen LogP contribution < -0.4 is 21.4 Å². The predicted molar refractivity (Wildman–Crippen MR) is 126 cm³/mol. The monoisotopic (exact) mass is 436 g/mol. The molecule has 3 aromatic heterocycles. The Balaban J connectivity index is 1.41. The van der Waals surface area contributed by atoms with Crippen LogP contribution in [0.3, 0.4) is 0 Å². The molecule has 2 aliphatic rings. The van der Waals surface area contributed by atoms with Crippen LogP contribution in [0.25, 0.3) is 22.9 Å². The van der Waals surface area contributed by atoms with Crippen molar-refractivity contribution in [3.05, 3.63) is 99.8 Å². The number of fused-ring (bicyclic) bond motifs is 3. The zero-order valence-corrected chi connectivity index (χ0v) is 18.5. The van der Waals surface area contributed by atoms with E-state index in [0.717, 1.165) is 63.2 Å². The van der Waals surface area contributed by atoms with E-state index in [1.807, 2.05) is 50.4 Å². The minimum Gasteiger partial charge on any atom is -0.361 e. The van der Waals surface area contributed by atoms with Crippen molar-refractivity contribution < 1.29 is 4.52 Å². The summed E-state index contributed by atoms with van der Waals surface area (Å²) in [7, 11) is 1.93. The minimum atomic E-state index is -0.166. The molecule has 0 amide bonds. The number of hydrogen-bond donors (Lipinski definition) is 2. The van der Waals surface area contributed by atoms with Crippen LogP contribution in [0.15, 0.2) is 70.4 Å². The maximum absolute atomic E-state index is 5.61. The zero-order chi connectivity index (χ0) is 22.4. The second-order valence-corrected chi connectivity index (χ2v) is 8.36. The van der Waals surface area contributed by atoms with Gasteiger partial charge >= 0.3 is 0 Å². The smallest absolute Gasteiger partial charge is 0.162 e. The van der Waals surface area contributed by atoms with E-state index >= 15 is 0 Å². The van der Waals surface area contributed by atoms with Crippen molar-refractivity contribution in [1.82, 2.24) is 25.5 Å². The van der Waals surface area contributed by atoms with Crippen molar-refractivity contribution in [3.8, 4) is 11.3 Å². The Morgan fingerprint density at radius 1 is 1.15 bits per heavy atom. The topological polar surface area (TPSA) is 80.3 Å². The van der Waals surface area contributed by atoms with E-state index in [1.54, 1.807) is 0 Å². The van der Waals surface area contributed by atoms with Gasteiger partial charge in [0.2, 0.25) is 0 Å². The van der Waals surface area contributed by atoms with Crippen molar-refractivity contribution in [2.45, 2.75) is 26.1 Å². The molecule has 6 rings (SSSR count). The van der Waals surface area contributed by atoms with Crippen LogP contribution in [-0.4, -0.2) is 21.8 Å². The quantitative estimate of drug-likeness (QED) is 0.503. The molecule has 0 bridgehead atoms. The van der Waals surface area contributed by atoms with E-state index in [0.29, 0.717) is 0 Å². The van der Waals surface area contributed by atoms with E-state index in [9.17, 15) is 0 Å². The predicted octanol–water partition coefficient (Wildman–Crippen LogP) is 2.67. The third-order valence-electron chi connectivity index (χ3n) is 6.23. The lowest BCUT2D eigenvalue weighted by Gasteiger charge is -2.14. The molecule has 1 aliphatic heterocycles. The van der Waals surface area contributed by atoms with Gasteiger partial charge in [-0.2, -0.15) is 5.10 Å². The first-order valence-corrected chi connectivity index (χ1v) is 11.1. The second-order valence-electron chi connectivity index (χ2n) is 8.36. The van der Waals surface area contributed by atoms with Crippen LogP contribution in [0, 0.1) is 6.92 Å². The van der Waals surface area contributed by atoms with Gasteiger partial charge in [0.25, 0.3) is 0 Å². The van der Waals surface area contributed by atoms with Crippen molar-refractivity contribution in [2.75, 3.05) is 7.05 Å². The van der Waals surface area contributed by atoms with Gasteiger partial charge in [-0.05, 0) is 49.7 Å². The molecule has 0 saturated heterocycles. The number of allylic oxidation sites excluding steroid dienone is 2. The van der Waals surface area contributed by atoms with Crippen LogP contribution in [0.5, 0.6) is 0 Å². The van der Waals surface area contributed by atoms with Gasteiger partial charge in [0, 0.05) is 23.5 Å². The summed E-state index contributed by atoms with van der Waals surface area (Å²) in [4.78, 5) is 4.81. The standard InChI is InChI=1S/C26H24N6O/c1-16-23(24(31-33-16)17-7-4-3-5-8-17)26-30-29-25-21-13-18(11-12-19(21)15-32(25)26)22-10-6-9-20(28-22)14-27-2/h3-11,13,15,26-27,30H,12,14H2,1-2H3. The first kappa shape index (κ1) is 19.7. The normalized spacial score (nSPS) is 16.3. The molecule has 0 radical (unpaired) electrons. The Kier molecular flexibility index (Phi) is 4.69. The maximum Gasteiger partial charge on any atom is 0.162 e. The largest absolute Gasteiger partial charge is 0.361 e. The van der Waals surface area contributed by atoms with Gasteiger partial charge in [-0.3, -0.25) is 10.4 Å². The minimum absolute atomic E-state index is 0.166. The lowest BCUT2D eigenvalue weighted by molar-refractivity contribution is 0.394. The van der Waals surface area contributed by atoms with E-state index in [4.69, 9.17) is 14.6 Å². The number of hydrogen-bond acceptors (Lipinski definition) is 6. The van der Waals surface area contributed by atoms with Crippen molar-refractivity contribution in [1.29, 1.82) is 0 Å². The SMILES string of the molecule is CNCc1cccc(C2=CCc3cn4c(c3=C2)=NNC4c2c(-c3ccccc3)noc2C)n1. The number of nitrogens with one attached hydrogen (secondary N) is 2. The van der Waals surface area contributed by atoms with Gasteiger partial charge in [-0.15, -0.1) is 0 Å². The lowest BCUT2D eigenvalue weighted by atomic mass is 10.0. The Bertz CT molecular complexity index is 1500. The number of benzene rings is 1. The van der Waals surface area contributed by atoms with Crippen LogP contribution in [0.4, 0.5) is 0 Å². The zero-order valence-electron chi connectivity index (χ0n) is 18.5. The Labute approximate surface area is 191 Å². The fourth-order valence-electron chi connectivity index (χ4n) is 4.64. The molecule has 7 heteroatoms. The summed E-state index contributed by atoms with van der Waals surface area (Å²) < 4.78 is 7.80. The molecule has 0 spiro atoms. The summed E-state index contributed by atoms with van der Waals surface area (Å²) in [6, 6.07) is 16.3. The average Bonchev–Trinajstić information content (AvgIpc) is 3.53. The summed E-state index contributed by atoms with van der Waals surface area (Å²) in [5.41, 5.74) is 11.5. The molecular formula is C26H24N6O. The highest BCUT2D eigenvalue weighted by Gasteiger charge is 2.29. The molecule has 164 valence electrons. The van der Waals surface area contributed by atoms with Gasteiger partial charge in [0.05, 0.1) is 17.0 Å².